The van der Waals surface area contributed by atoms with E-state index in [4.69, 9.17) is 5.73 Å². The molecule has 1 aliphatic carbocycles. The van der Waals surface area contributed by atoms with Crippen molar-refractivity contribution in [2.24, 2.45) is 5.73 Å². The normalized spacial score (nSPS) is 16.7. The fourth-order valence-electron chi connectivity index (χ4n) is 2.63. The van der Waals surface area contributed by atoms with Gasteiger partial charge in [0.2, 0.25) is 0 Å². The molecular weight excluding hydrogens is 220 g/mol. The van der Waals surface area contributed by atoms with Gasteiger partial charge in [0, 0.05) is 24.3 Å². The van der Waals surface area contributed by atoms with Crippen LogP contribution in [-0.2, 0) is 6.42 Å². The van der Waals surface area contributed by atoms with E-state index in [0.717, 1.165) is 25.4 Å². The second-order valence-electron chi connectivity index (χ2n) is 5.51. The van der Waals surface area contributed by atoms with E-state index in [9.17, 15) is 0 Å². The SMILES string of the molecule is CCC(N)Cc1ccc(N(CC)C2CC2)c(C)c1. The zero-order valence-corrected chi connectivity index (χ0v) is 11.9. The molecule has 0 amide bonds. The Labute approximate surface area is 111 Å². The quantitative estimate of drug-likeness (QED) is 0.834. The predicted molar refractivity (Wildman–Crippen MR) is 79.2 cm³/mol. The van der Waals surface area contributed by atoms with E-state index in [-0.39, 0.29) is 0 Å². The molecule has 2 nitrogen and oxygen atoms in total. The van der Waals surface area contributed by atoms with Crippen LogP contribution in [0, 0.1) is 6.92 Å². The minimum Gasteiger partial charge on any atom is -0.369 e. The van der Waals surface area contributed by atoms with Gasteiger partial charge in [0.15, 0.2) is 0 Å². The van der Waals surface area contributed by atoms with Gasteiger partial charge in [0.1, 0.15) is 0 Å². The number of aryl methyl sites for hydroxylation is 1. The third-order valence-corrected chi connectivity index (χ3v) is 3.92. The van der Waals surface area contributed by atoms with Crippen molar-refractivity contribution in [3.8, 4) is 0 Å². The number of hydrogen-bond donors (Lipinski definition) is 1. The Balaban J connectivity index is 2.13. The standard InChI is InChI=1S/C16H26N2/c1-4-14(17)11-13-6-9-16(12(3)10-13)18(5-2)15-7-8-15/h6,9-10,14-15H,4-5,7-8,11,17H2,1-3H3. The number of anilines is 1. The molecule has 0 aromatic heterocycles. The molecular formula is C16H26N2. The fraction of sp³-hybridized carbons (Fsp3) is 0.625. The highest BCUT2D eigenvalue weighted by atomic mass is 15.2. The molecule has 0 heterocycles. The highest BCUT2D eigenvalue weighted by molar-refractivity contribution is 5.56. The Kier molecular flexibility index (Phi) is 4.28. The topological polar surface area (TPSA) is 29.3 Å². The lowest BCUT2D eigenvalue weighted by atomic mass is 10.0. The van der Waals surface area contributed by atoms with Crippen molar-refractivity contribution >= 4 is 5.69 Å². The van der Waals surface area contributed by atoms with E-state index in [0.29, 0.717) is 6.04 Å². The second-order valence-corrected chi connectivity index (χ2v) is 5.51. The molecule has 1 aliphatic rings. The van der Waals surface area contributed by atoms with E-state index in [1.807, 2.05) is 0 Å². The predicted octanol–water partition coefficient (Wildman–Crippen LogP) is 3.26. The molecule has 18 heavy (non-hydrogen) atoms. The summed E-state index contributed by atoms with van der Waals surface area (Å²) in [5.41, 5.74) is 10.2. The molecule has 2 heteroatoms. The third-order valence-electron chi connectivity index (χ3n) is 3.92. The minimum absolute atomic E-state index is 0.293. The van der Waals surface area contributed by atoms with Crippen LogP contribution in [0.15, 0.2) is 18.2 Å². The lowest BCUT2D eigenvalue weighted by molar-refractivity contribution is 0.646. The van der Waals surface area contributed by atoms with Gasteiger partial charge in [-0.15, -0.1) is 0 Å². The van der Waals surface area contributed by atoms with Crippen LogP contribution in [0.4, 0.5) is 5.69 Å². The molecule has 1 aromatic rings. The van der Waals surface area contributed by atoms with Crippen LogP contribution >= 0.6 is 0 Å². The van der Waals surface area contributed by atoms with Crippen LogP contribution in [0.3, 0.4) is 0 Å². The van der Waals surface area contributed by atoms with Crippen molar-refractivity contribution in [1.29, 1.82) is 0 Å². The second kappa shape index (κ2) is 5.75. The summed E-state index contributed by atoms with van der Waals surface area (Å²) >= 11 is 0. The van der Waals surface area contributed by atoms with Crippen LogP contribution in [-0.4, -0.2) is 18.6 Å². The average Bonchev–Trinajstić information content (AvgIpc) is 3.17. The number of nitrogens with two attached hydrogens (primary N) is 1. The Morgan fingerprint density at radius 3 is 2.56 bits per heavy atom. The summed E-state index contributed by atoms with van der Waals surface area (Å²) in [6.45, 7) is 7.73. The van der Waals surface area contributed by atoms with Crippen molar-refractivity contribution in [3.63, 3.8) is 0 Å². The number of benzene rings is 1. The van der Waals surface area contributed by atoms with Gasteiger partial charge < -0.3 is 10.6 Å². The first kappa shape index (κ1) is 13.4. The van der Waals surface area contributed by atoms with Crippen LogP contribution in [0.1, 0.15) is 44.2 Å². The fourth-order valence-corrected chi connectivity index (χ4v) is 2.63. The van der Waals surface area contributed by atoms with Gasteiger partial charge in [-0.1, -0.05) is 19.1 Å². The van der Waals surface area contributed by atoms with Gasteiger partial charge in [-0.3, -0.25) is 0 Å². The van der Waals surface area contributed by atoms with Gasteiger partial charge in [-0.2, -0.15) is 0 Å². The molecule has 100 valence electrons. The molecule has 2 rings (SSSR count). The maximum absolute atomic E-state index is 6.03. The van der Waals surface area contributed by atoms with E-state index in [1.54, 1.807) is 0 Å². The van der Waals surface area contributed by atoms with Crippen LogP contribution < -0.4 is 10.6 Å². The van der Waals surface area contributed by atoms with E-state index in [1.165, 1.54) is 29.7 Å². The summed E-state index contributed by atoms with van der Waals surface area (Å²) in [4.78, 5) is 2.54. The van der Waals surface area contributed by atoms with Crippen LogP contribution in [0.25, 0.3) is 0 Å². The first-order valence-corrected chi connectivity index (χ1v) is 7.27. The zero-order chi connectivity index (χ0) is 13.1. The Hall–Kier alpha value is -1.02. The summed E-state index contributed by atoms with van der Waals surface area (Å²) in [6, 6.07) is 7.94. The summed E-state index contributed by atoms with van der Waals surface area (Å²) in [7, 11) is 0. The van der Waals surface area contributed by atoms with Crippen LogP contribution in [0.2, 0.25) is 0 Å². The van der Waals surface area contributed by atoms with Gasteiger partial charge in [0.25, 0.3) is 0 Å². The van der Waals surface area contributed by atoms with Crippen molar-refractivity contribution < 1.29 is 0 Å². The molecule has 1 unspecified atom stereocenters. The summed E-state index contributed by atoms with van der Waals surface area (Å²) in [6.07, 6.45) is 4.75. The van der Waals surface area contributed by atoms with Gasteiger partial charge >= 0.3 is 0 Å². The van der Waals surface area contributed by atoms with Crippen LogP contribution in [0.5, 0.6) is 0 Å². The van der Waals surface area contributed by atoms with Crippen molar-refractivity contribution in [3.05, 3.63) is 29.3 Å². The minimum atomic E-state index is 0.293. The zero-order valence-electron chi connectivity index (χ0n) is 11.9. The van der Waals surface area contributed by atoms with E-state index in [2.05, 4.69) is 43.9 Å². The Morgan fingerprint density at radius 1 is 1.33 bits per heavy atom. The highest BCUT2D eigenvalue weighted by Gasteiger charge is 2.28. The summed E-state index contributed by atoms with van der Waals surface area (Å²) < 4.78 is 0. The molecule has 0 aliphatic heterocycles. The highest BCUT2D eigenvalue weighted by Crippen LogP contribution is 2.33. The van der Waals surface area contributed by atoms with Gasteiger partial charge in [-0.05, 0) is 56.7 Å². The maximum Gasteiger partial charge on any atom is 0.0398 e. The van der Waals surface area contributed by atoms with Crippen molar-refractivity contribution in [1.82, 2.24) is 0 Å². The molecule has 0 spiro atoms. The Morgan fingerprint density at radius 2 is 2.06 bits per heavy atom. The van der Waals surface area contributed by atoms with E-state index >= 15 is 0 Å². The first-order chi connectivity index (χ1) is 8.65. The largest absolute Gasteiger partial charge is 0.369 e. The number of rotatable bonds is 6. The molecule has 0 radical (unpaired) electrons. The van der Waals surface area contributed by atoms with Crippen molar-refractivity contribution in [2.45, 2.75) is 58.5 Å². The molecule has 0 bridgehead atoms. The molecule has 2 N–H and O–H groups in total. The lowest BCUT2D eigenvalue weighted by Crippen LogP contribution is -2.26. The monoisotopic (exact) mass is 246 g/mol. The molecule has 0 saturated heterocycles. The van der Waals surface area contributed by atoms with Crippen molar-refractivity contribution in [2.75, 3.05) is 11.4 Å². The molecule has 1 aromatic carbocycles. The number of nitrogens with zero attached hydrogens (tertiary/aromatic N) is 1. The molecule has 1 fully saturated rings. The third kappa shape index (κ3) is 3.05. The lowest BCUT2D eigenvalue weighted by Gasteiger charge is -2.25. The smallest absolute Gasteiger partial charge is 0.0398 e. The maximum atomic E-state index is 6.03. The average molecular weight is 246 g/mol. The number of hydrogen-bond acceptors (Lipinski definition) is 2. The molecule has 1 saturated carbocycles. The summed E-state index contributed by atoms with van der Waals surface area (Å²) in [5, 5.41) is 0. The molecule has 1 atom stereocenters. The van der Waals surface area contributed by atoms with Gasteiger partial charge in [0.05, 0.1) is 0 Å². The summed E-state index contributed by atoms with van der Waals surface area (Å²) in [5.74, 6) is 0. The first-order valence-electron chi connectivity index (χ1n) is 7.27. The van der Waals surface area contributed by atoms with E-state index < -0.39 is 0 Å². The Bertz CT molecular complexity index is 396. The van der Waals surface area contributed by atoms with Gasteiger partial charge in [-0.25, -0.2) is 0 Å².